The predicted molar refractivity (Wildman–Crippen MR) is 295 cm³/mol. The van der Waals surface area contributed by atoms with Gasteiger partial charge in [0, 0.05) is 49.4 Å². The summed E-state index contributed by atoms with van der Waals surface area (Å²) in [6.45, 7) is 0. The molecule has 0 unspecified atom stereocenters. The topological polar surface area (TPSA) is 120 Å². The van der Waals surface area contributed by atoms with E-state index in [9.17, 15) is 15.8 Å². The van der Waals surface area contributed by atoms with Gasteiger partial charge in [-0.2, -0.15) is 15.8 Å². The van der Waals surface area contributed by atoms with Gasteiger partial charge in [-0.3, -0.25) is 0 Å². The van der Waals surface area contributed by atoms with E-state index in [0.29, 0.717) is 34.2 Å². The Morgan fingerprint density at radius 3 is 1.00 bits per heavy atom. The summed E-state index contributed by atoms with van der Waals surface area (Å²) in [7, 11) is 0. The van der Waals surface area contributed by atoms with Crippen molar-refractivity contribution in [3.8, 4) is 97.1 Å². The SMILES string of the molecule is N#Cc1cccc(-c2ccccc2-c2nc(-c3ccc(-n4c5ccccc5c5ccccc54)c(-c4cccc(C#N)c4)c3)nc(-c3ccc(-n4c5ccccc5c5ccccc54)c(-c4cccc(C#N)c4)c3)n2)c1. The van der Waals surface area contributed by atoms with Gasteiger partial charge in [-0.05, 0) is 119 Å². The van der Waals surface area contributed by atoms with Crippen molar-refractivity contribution >= 4 is 43.6 Å². The second-order valence-corrected chi connectivity index (χ2v) is 18.1. The molecule has 8 heteroatoms. The molecular formula is C66H38N8. The number of hydrogen-bond acceptors (Lipinski definition) is 6. The van der Waals surface area contributed by atoms with Gasteiger partial charge >= 0.3 is 0 Å². The number of fused-ring (bicyclic) bond motifs is 6. The molecule has 342 valence electrons. The number of nitrogens with zero attached hydrogens (tertiary/aromatic N) is 8. The highest BCUT2D eigenvalue weighted by atomic mass is 15.0. The molecule has 0 aliphatic carbocycles. The second-order valence-electron chi connectivity index (χ2n) is 18.1. The highest BCUT2D eigenvalue weighted by molar-refractivity contribution is 6.11. The van der Waals surface area contributed by atoms with Crippen LogP contribution in [0.3, 0.4) is 0 Å². The summed E-state index contributed by atoms with van der Waals surface area (Å²) in [6, 6.07) is 84.2. The Hall–Kier alpha value is -10.7. The molecule has 3 aromatic heterocycles. The van der Waals surface area contributed by atoms with E-state index in [1.165, 1.54) is 0 Å². The van der Waals surface area contributed by atoms with Gasteiger partial charge in [-0.15, -0.1) is 0 Å². The first-order valence-corrected chi connectivity index (χ1v) is 24.2. The zero-order chi connectivity index (χ0) is 49.7. The summed E-state index contributed by atoms with van der Waals surface area (Å²) in [5.74, 6) is 1.33. The Morgan fingerprint density at radius 2 is 0.608 bits per heavy atom. The van der Waals surface area contributed by atoms with Crippen molar-refractivity contribution in [2.24, 2.45) is 0 Å². The number of nitriles is 3. The summed E-state index contributed by atoms with van der Waals surface area (Å²) in [6.07, 6.45) is 0. The van der Waals surface area contributed by atoms with E-state index in [1.54, 1.807) is 6.07 Å². The first-order chi connectivity index (χ1) is 36.5. The Bertz CT molecular complexity index is 4210. The molecule has 0 aliphatic heterocycles. The van der Waals surface area contributed by atoms with E-state index in [4.69, 9.17) is 15.0 Å². The lowest BCUT2D eigenvalue weighted by Gasteiger charge is -2.18. The molecule has 0 saturated heterocycles. The quantitative estimate of drug-likeness (QED) is 0.150. The Labute approximate surface area is 425 Å². The molecule has 10 aromatic carbocycles. The lowest BCUT2D eigenvalue weighted by molar-refractivity contribution is 1.07. The van der Waals surface area contributed by atoms with E-state index < -0.39 is 0 Å². The van der Waals surface area contributed by atoms with Crippen molar-refractivity contribution in [1.29, 1.82) is 15.8 Å². The van der Waals surface area contributed by atoms with Crippen molar-refractivity contribution in [2.45, 2.75) is 0 Å². The van der Waals surface area contributed by atoms with E-state index in [0.717, 1.165) is 105 Å². The number of para-hydroxylation sites is 4. The molecule has 8 nitrogen and oxygen atoms in total. The second kappa shape index (κ2) is 17.9. The van der Waals surface area contributed by atoms with Gasteiger partial charge in [0.25, 0.3) is 0 Å². The average Bonchev–Trinajstić information content (AvgIpc) is 4.00. The van der Waals surface area contributed by atoms with Crippen molar-refractivity contribution in [3.05, 3.63) is 247 Å². The van der Waals surface area contributed by atoms with Crippen molar-refractivity contribution in [1.82, 2.24) is 24.1 Å². The van der Waals surface area contributed by atoms with Crippen LogP contribution < -0.4 is 0 Å². The molecule has 0 bridgehead atoms. The van der Waals surface area contributed by atoms with Crippen LogP contribution in [0.2, 0.25) is 0 Å². The molecule has 0 N–H and O–H groups in total. The lowest BCUT2D eigenvalue weighted by atomic mass is 9.97. The number of rotatable bonds is 8. The van der Waals surface area contributed by atoms with Gasteiger partial charge in [0.15, 0.2) is 17.5 Å². The highest BCUT2D eigenvalue weighted by Crippen LogP contribution is 2.42. The zero-order valence-electron chi connectivity index (χ0n) is 39.5. The molecule has 0 atom stereocenters. The summed E-state index contributed by atoms with van der Waals surface area (Å²) >= 11 is 0. The van der Waals surface area contributed by atoms with Crippen LogP contribution in [0.4, 0.5) is 0 Å². The van der Waals surface area contributed by atoms with E-state index in [2.05, 4.69) is 161 Å². The van der Waals surface area contributed by atoms with Gasteiger partial charge in [0.2, 0.25) is 0 Å². The molecule has 0 aliphatic rings. The molecule has 0 spiro atoms. The summed E-state index contributed by atoms with van der Waals surface area (Å²) in [4.78, 5) is 16.0. The normalized spacial score (nSPS) is 11.2. The van der Waals surface area contributed by atoms with Crippen LogP contribution in [0, 0.1) is 34.0 Å². The maximum Gasteiger partial charge on any atom is 0.164 e. The van der Waals surface area contributed by atoms with Gasteiger partial charge in [-0.25, -0.2) is 15.0 Å². The molecule has 0 fully saturated rings. The van der Waals surface area contributed by atoms with Crippen molar-refractivity contribution < 1.29 is 0 Å². The van der Waals surface area contributed by atoms with Crippen LogP contribution in [-0.4, -0.2) is 24.1 Å². The monoisotopic (exact) mass is 942 g/mol. The van der Waals surface area contributed by atoms with E-state index >= 15 is 0 Å². The van der Waals surface area contributed by atoms with E-state index in [-0.39, 0.29) is 0 Å². The third-order valence-electron chi connectivity index (χ3n) is 13.9. The molecule has 13 rings (SSSR count). The Kier molecular flexibility index (Phi) is 10.5. The van der Waals surface area contributed by atoms with E-state index in [1.807, 2.05) is 91.0 Å². The lowest BCUT2D eigenvalue weighted by Crippen LogP contribution is -2.03. The van der Waals surface area contributed by atoms with Crippen molar-refractivity contribution in [2.75, 3.05) is 0 Å². The third-order valence-corrected chi connectivity index (χ3v) is 13.9. The average molecular weight is 943 g/mol. The summed E-state index contributed by atoms with van der Waals surface area (Å²) < 4.78 is 4.58. The number of hydrogen-bond donors (Lipinski definition) is 0. The fourth-order valence-corrected chi connectivity index (χ4v) is 10.5. The highest BCUT2D eigenvalue weighted by Gasteiger charge is 2.22. The fraction of sp³-hybridized carbons (Fsp3) is 0. The van der Waals surface area contributed by atoms with Crippen molar-refractivity contribution in [3.63, 3.8) is 0 Å². The zero-order valence-corrected chi connectivity index (χ0v) is 39.5. The van der Waals surface area contributed by atoms with Crippen LogP contribution in [-0.2, 0) is 0 Å². The van der Waals surface area contributed by atoms with Crippen LogP contribution in [0.15, 0.2) is 231 Å². The first kappa shape index (κ1) is 43.3. The fourth-order valence-electron chi connectivity index (χ4n) is 10.5. The molecule has 0 radical (unpaired) electrons. The van der Waals surface area contributed by atoms with Crippen LogP contribution >= 0.6 is 0 Å². The summed E-state index contributed by atoms with van der Waals surface area (Å²) in [5.41, 5.74) is 15.2. The molecule has 13 aromatic rings. The maximum atomic E-state index is 10.2. The van der Waals surface area contributed by atoms with Crippen LogP contribution in [0.1, 0.15) is 16.7 Å². The Morgan fingerprint density at radius 1 is 0.270 bits per heavy atom. The number of aromatic nitrogens is 5. The van der Waals surface area contributed by atoms with Crippen LogP contribution in [0.25, 0.3) is 123 Å². The predicted octanol–water partition coefficient (Wildman–Crippen LogP) is 15.7. The molecular weight excluding hydrogens is 905 g/mol. The van der Waals surface area contributed by atoms with Gasteiger partial charge in [0.1, 0.15) is 0 Å². The molecule has 0 amide bonds. The molecule has 3 heterocycles. The maximum absolute atomic E-state index is 10.2. The van der Waals surface area contributed by atoms with Crippen LogP contribution in [0.5, 0.6) is 0 Å². The van der Waals surface area contributed by atoms with Gasteiger partial charge in [-0.1, -0.05) is 133 Å². The smallest absolute Gasteiger partial charge is 0.164 e. The summed E-state index contributed by atoms with van der Waals surface area (Å²) in [5, 5.41) is 34.8. The minimum Gasteiger partial charge on any atom is -0.309 e. The Balaban J connectivity index is 1.07. The molecule has 0 saturated carbocycles. The largest absolute Gasteiger partial charge is 0.309 e. The number of benzene rings is 10. The third kappa shape index (κ3) is 7.33. The first-order valence-electron chi connectivity index (χ1n) is 24.2. The standard InChI is InChI=1S/C66H38N8/c67-39-42-14-11-17-45(34-42)50-20-1-2-25-55(50)66-71-64(48-30-32-62(56(37-48)46-18-12-15-43(35-46)40-68)73-58-26-7-3-21-51(58)52-22-4-8-27-59(52)73)70-65(72-66)49-31-33-63(57(38-49)47-19-13-16-44(36-47)41-69)74-60-28-9-5-23-53(60)54-24-6-10-29-61(54)74/h1-38H. The minimum absolute atomic E-state index is 0.441. The van der Waals surface area contributed by atoms with Gasteiger partial charge in [0.05, 0.1) is 68.3 Å². The molecule has 74 heavy (non-hydrogen) atoms. The van der Waals surface area contributed by atoms with Gasteiger partial charge < -0.3 is 9.13 Å². The minimum atomic E-state index is 0.441.